The van der Waals surface area contributed by atoms with E-state index >= 15 is 0 Å². The van der Waals surface area contributed by atoms with Crippen LogP contribution < -0.4 is 5.62 Å². The van der Waals surface area contributed by atoms with Gasteiger partial charge in [0.25, 0.3) is 0 Å². The SMILES string of the molecule is CCCCCCCCCCCn1nnn(Cc2ccccc2)c1=N. The van der Waals surface area contributed by atoms with Crippen molar-refractivity contribution in [3.8, 4) is 0 Å². The van der Waals surface area contributed by atoms with Gasteiger partial charge >= 0.3 is 0 Å². The maximum atomic E-state index is 8.19. The smallest absolute Gasteiger partial charge is 0.238 e. The summed E-state index contributed by atoms with van der Waals surface area (Å²) in [7, 11) is 0. The molecule has 0 unspecified atom stereocenters. The van der Waals surface area contributed by atoms with Gasteiger partial charge in [-0.15, -0.1) is 0 Å². The van der Waals surface area contributed by atoms with Crippen molar-refractivity contribution in [1.29, 1.82) is 5.41 Å². The molecule has 0 atom stereocenters. The normalized spacial score (nSPS) is 11.0. The predicted octanol–water partition coefficient (Wildman–Crippen LogP) is 4.14. The van der Waals surface area contributed by atoms with Gasteiger partial charge in [0.05, 0.1) is 6.54 Å². The van der Waals surface area contributed by atoms with E-state index in [1.807, 2.05) is 30.3 Å². The maximum Gasteiger partial charge on any atom is 0.238 e. The minimum absolute atomic E-state index is 0.387. The number of aromatic nitrogens is 4. The van der Waals surface area contributed by atoms with Gasteiger partial charge in [0, 0.05) is 6.54 Å². The molecular formula is C19H31N5. The van der Waals surface area contributed by atoms with Gasteiger partial charge in [-0.2, -0.15) is 0 Å². The van der Waals surface area contributed by atoms with Gasteiger partial charge in [0.1, 0.15) is 0 Å². The summed E-state index contributed by atoms with van der Waals surface area (Å²) < 4.78 is 3.37. The molecule has 0 amide bonds. The van der Waals surface area contributed by atoms with Gasteiger partial charge in [0.15, 0.2) is 0 Å². The summed E-state index contributed by atoms with van der Waals surface area (Å²) in [4.78, 5) is 0. The minimum atomic E-state index is 0.387. The van der Waals surface area contributed by atoms with E-state index in [2.05, 4.69) is 17.4 Å². The fraction of sp³-hybridized carbons (Fsp3) is 0.632. The molecule has 0 fully saturated rings. The highest BCUT2D eigenvalue weighted by molar-refractivity contribution is 5.14. The highest BCUT2D eigenvalue weighted by Gasteiger charge is 2.04. The van der Waals surface area contributed by atoms with E-state index < -0.39 is 0 Å². The lowest BCUT2D eigenvalue weighted by atomic mass is 10.1. The fourth-order valence-electron chi connectivity index (χ4n) is 2.90. The Balaban J connectivity index is 1.64. The summed E-state index contributed by atoms with van der Waals surface area (Å²) in [5.41, 5.74) is 1.53. The topological polar surface area (TPSA) is 59.5 Å². The van der Waals surface area contributed by atoms with Crippen molar-refractivity contribution in [2.24, 2.45) is 0 Å². The van der Waals surface area contributed by atoms with Crippen LogP contribution in [0.15, 0.2) is 30.3 Å². The van der Waals surface area contributed by atoms with Crippen molar-refractivity contribution in [3.63, 3.8) is 0 Å². The van der Waals surface area contributed by atoms with E-state index in [9.17, 15) is 0 Å². The average molecular weight is 329 g/mol. The number of hydrogen-bond donors (Lipinski definition) is 1. The number of aryl methyl sites for hydroxylation is 1. The highest BCUT2D eigenvalue weighted by Crippen LogP contribution is 2.09. The van der Waals surface area contributed by atoms with Crippen LogP contribution in [0.4, 0.5) is 0 Å². The number of nitrogens with one attached hydrogen (secondary N) is 1. The predicted molar refractivity (Wildman–Crippen MR) is 96.6 cm³/mol. The molecule has 0 aliphatic rings. The number of hydrogen-bond acceptors (Lipinski definition) is 3. The molecule has 24 heavy (non-hydrogen) atoms. The van der Waals surface area contributed by atoms with Gasteiger partial charge in [-0.1, -0.05) is 88.6 Å². The molecule has 5 heteroatoms. The third-order valence-electron chi connectivity index (χ3n) is 4.39. The van der Waals surface area contributed by atoms with Crippen molar-refractivity contribution in [2.45, 2.75) is 77.8 Å². The molecule has 0 aliphatic heterocycles. The number of benzene rings is 1. The Hall–Kier alpha value is -1.91. The Labute approximate surface area is 145 Å². The van der Waals surface area contributed by atoms with Crippen molar-refractivity contribution < 1.29 is 0 Å². The molecule has 0 spiro atoms. The van der Waals surface area contributed by atoms with Crippen molar-refractivity contribution in [3.05, 3.63) is 41.5 Å². The Morgan fingerprint density at radius 1 is 0.792 bits per heavy atom. The number of rotatable bonds is 12. The van der Waals surface area contributed by atoms with Gasteiger partial charge in [-0.3, -0.25) is 5.41 Å². The quantitative estimate of drug-likeness (QED) is 0.595. The molecule has 0 radical (unpaired) electrons. The third-order valence-corrected chi connectivity index (χ3v) is 4.39. The molecular weight excluding hydrogens is 298 g/mol. The van der Waals surface area contributed by atoms with E-state index in [-0.39, 0.29) is 0 Å². The molecule has 5 nitrogen and oxygen atoms in total. The number of unbranched alkanes of at least 4 members (excludes halogenated alkanes) is 8. The minimum Gasteiger partial charge on any atom is -0.266 e. The standard InChI is InChI=1S/C19H31N5/c1-2-3-4-5-6-7-8-9-13-16-23-19(20)24(22-21-23)17-18-14-11-10-12-15-18/h10-12,14-15,20H,2-9,13,16-17H2,1H3. The molecule has 132 valence electrons. The molecule has 2 rings (SSSR count). The van der Waals surface area contributed by atoms with Gasteiger partial charge in [-0.05, 0) is 22.4 Å². The number of nitrogens with zero attached hydrogens (tertiary/aromatic N) is 4. The van der Waals surface area contributed by atoms with Crippen LogP contribution in [0.1, 0.15) is 70.3 Å². The van der Waals surface area contributed by atoms with Gasteiger partial charge in [-0.25, -0.2) is 9.36 Å². The second-order valence-corrected chi connectivity index (χ2v) is 6.50. The molecule has 0 saturated heterocycles. The molecule has 2 aromatic rings. The first-order valence-electron chi connectivity index (χ1n) is 9.40. The second-order valence-electron chi connectivity index (χ2n) is 6.50. The molecule has 0 aliphatic carbocycles. The van der Waals surface area contributed by atoms with Gasteiger partial charge < -0.3 is 0 Å². The van der Waals surface area contributed by atoms with Crippen LogP contribution in [0.25, 0.3) is 0 Å². The lowest BCUT2D eigenvalue weighted by Gasteiger charge is -2.02. The maximum absolute atomic E-state index is 8.19. The van der Waals surface area contributed by atoms with E-state index in [0.29, 0.717) is 12.2 Å². The van der Waals surface area contributed by atoms with Crippen LogP contribution in [0.5, 0.6) is 0 Å². The first-order valence-corrected chi connectivity index (χ1v) is 9.40. The average Bonchev–Trinajstić information content (AvgIpc) is 2.94. The Kier molecular flexibility index (Phi) is 8.28. The summed E-state index contributed by atoms with van der Waals surface area (Å²) in [5.74, 6) is 0. The molecule has 0 saturated carbocycles. The summed E-state index contributed by atoms with van der Waals surface area (Å²) in [6.07, 6.45) is 11.7. The largest absolute Gasteiger partial charge is 0.266 e. The van der Waals surface area contributed by atoms with Crippen LogP contribution in [0.3, 0.4) is 0 Å². The zero-order valence-electron chi connectivity index (χ0n) is 15.0. The van der Waals surface area contributed by atoms with Crippen LogP contribution in [-0.4, -0.2) is 19.8 Å². The Bertz CT molecular complexity index is 614. The van der Waals surface area contributed by atoms with Gasteiger partial charge in [0.2, 0.25) is 5.62 Å². The Morgan fingerprint density at radius 2 is 1.38 bits per heavy atom. The van der Waals surface area contributed by atoms with Crippen LogP contribution in [0, 0.1) is 5.41 Å². The highest BCUT2D eigenvalue weighted by atomic mass is 15.6. The van der Waals surface area contributed by atoms with E-state index in [1.54, 1.807) is 9.36 Å². The lowest BCUT2D eigenvalue weighted by molar-refractivity contribution is 0.494. The molecule has 0 bridgehead atoms. The van der Waals surface area contributed by atoms with E-state index in [4.69, 9.17) is 5.41 Å². The van der Waals surface area contributed by atoms with Crippen molar-refractivity contribution >= 4 is 0 Å². The van der Waals surface area contributed by atoms with Crippen LogP contribution in [0.2, 0.25) is 0 Å². The van der Waals surface area contributed by atoms with Crippen LogP contribution in [-0.2, 0) is 13.1 Å². The van der Waals surface area contributed by atoms with Crippen LogP contribution >= 0.6 is 0 Å². The first kappa shape index (κ1) is 18.4. The molecule has 1 heterocycles. The molecule has 1 aromatic heterocycles. The first-order chi connectivity index (χ1) is 11.8. The van der Waals surface area contributed by atoms with Crippen molar-refractivity contribution in [2.75, 3.05) is 0 Å². The summed E-state index contributed by atoms with van der Waals surface area (Å²) in [6.45, 7) is 3.66. The van der Waals surface area contributed by atoms with E-state index in [1.165, 1.54) is 51.4 Å². The summed E-state index contributed by atoms with van der Waals surface area (Å²) in [6, 6.07) is 10.1. The fourth-order valence-corrected chi connectivity index (χ4v) is 2.90. The Morgan fingerprint density at radius 3 is 2.04 bits per heavy atom. The zero-order chi connectivity index (χ0) is 17.0. The number of tetrazole rings is 1. The molecule has 1 aromatic carbocycles. The molecule has 1 N–H and O–H groups in total. The second kappa shape index (κ2) is 10.8. The van der Waals surface area contributed by atoms with E-state index in [0.717, 1.165) is 18.5 Å². The third kappa shape index (κ3) is 6.30. The lowest BCUT2D eigenvalue weighted by Crippen LogP contribution is -2.26. The van der Waals surface area contributed by atoms with Crippen molar-refractivity contribution in [1.82, 2.24) is 19.8 Å². The summed E-state index contributed by atoms with van der Waals surface area (Å²) in [5, 5.41) is 16.4. The summed E-state index contributed by atoms with van der Waals surface area (Å²) >= 11 is 0. The monoisotopic (exact) mass is 329 g/mol. The zero-order valence-corrected chi connectivity index (χ0v) is 15.0.